The number of nitrogens with two attached hydrogens (primary N) is 1. The number of halogens is 1. The van der Waals surface area contributed by atoms with Gasteiger partial charge in [-0.1, -0.05) is 30.3 Å². The van der Waals surface area contributed by atoms with E-state index in [-0.39, 0.29) is 29.8 Å². The monoisotopic (exact) mass is 423 g/mol. The van der Waals surface area contributed by atoms with Crippen LogP contribution in [-0.4, -0.2) is 51.7 Å². The van der Waals surface area contributed by atoms with Crippen molar-refractivity contribution in [1.82, 2.24) is 4.90 Å². The number of hydrogen-bond acceptors (Lipinski definition) is 5. The quantitative estimate of drug-likeness (QED) is 0.742. The zero-order chi connectivity index (χ0) is 19.4. The standard InChI is InChI=1S/C20H25N3O3S.ClH/c1-27(25,26)18-9-7-17(8-10-18)22-20(24)14-23-12-16(11-21)19(13-23)15-5-3-2-4-6-15;/h2-10,16,19H,11-14,21H2,1H3,(H,22,24);1H/t16-,19+;/m1./s1. The number of carbonyl (C=O) groups excluding carboxylic acids is 1. The Labute approximate surface area is 172 Å². The van der Waals surface area contributed by atoms with Gasteiger partial charge < -0.3 is 11.1 Å². The number of carbonyl (C=O) groups is 1. The molecule has 1 saturated heterocycles. The summed E-state index contributed by atoms with van der Waals surface area (Å²) in [5.74, 6) is 0.541. The van der Waals surface area contributed by atoms with Crippen molar-refractivity contribution in [2.75, 3.05) is 37.8 Å². The zero-order valence-electron chi connectivity index (χ0n) is 15.7. The fraction of sp³-hybridized carbons (Fsp3) is 0.350. The number of rotatable bonds is 6. The fourth-order valence-electron chi connectivity index (χ4n) is 3.60. The lowest BCUT2D eigenvalue weighted by molar-refractivity contribution is -0.117. The first-order chi connectivity index (χ1) is 12.9. The van der Waals surface area contributed by atoms with Gasteiger partial charge >= 0.3 is 0 Å². The van der Waals surface area contributed by atoms with E-state index < -0.39 is 9.84 Å². The first kappa shape index (κ1) is 22.4. The number of likely N-dealkylation sites (tertiary alicyclic amines) is 1. The van der Waals surface area contributed by atoms with E-state index in [1.807, 2.05) is 18.2 Å². The van der Waals surface area contributed by atoms with E-state index in [4.69, 9.17) is 5.73 Å². The summed E-state index contributed by atoms with van der Waals surface area (Å²) in [5.41, 5.74) is 7.79. The maximum Gasteiger partial charge on any atom is 0.238 e. The lowest BCUT2D eigenvalue weighted by Crippen LogP contribution is -2.32. The van der Waals surface area contributed by atoms with Gasteiger partial charge in [-0.15, -0.1) is 12.4 Å². The van der Waals surface area contributed by atoms with Gasteiger partial charge in [0.15, 0.2) is 9.84 Å². The van der Waals surface area contributed by atoms with Gasteiger partial charge in [0.05, 0.1) is 11.4 Å². The van der Waals surface area contributed by atoms with Crippen LogP contribution >= 0.6 is 12.4 Å². The summed E-state index contributed by atoms with van der Waals surface area (Å²) < 4.78 is 23.0. The molecular weight excluding hydrogens is 398 g/mol. The predicted molar refractivity (Wildman–Crippen MR) is 114 cm³/mol. The molecule has 6 nitrogen and oxygen atoms in total. The lowest BCUT2D eigenvalue weighted by Gasteiger charge is -2.16. The Balaban J connectivity index is 0.00000280. The van der Waals surface area contributed by atoms with Gasteiger partial charge in [0.1, 0.15) is 0 Å². The van der Waals surface area contributed by atoms with Crippen molar-refractivity contribution in [2.45, 2.75) is 10.8 Å². The van der Waals surface area contributed by atoms with E-state index in [1.165, 1.54) is 17.7 Å². The Morgan fingerprint density at radius 2 is 1.75 bits per heavy atom. The van der Waals surface area contributed by atoms with Crippen molar-refractivity contribution in [3.05, 3.63) is 60.2 Å². The second-order valence-electron chi connectivity index (χ2n) is 7.05. The van der Waals surface area contributed by atoms with Crippen molar-refractivity contribution in [3.8, 4) is 0 Å². The van der Waals surface area contributed by atoms with Gasteiger partial charge in [-0.05, 0) is 42.3 Å². The van der Waals surface area contributed by atoms with Gasteiger partial charge in [0.2, 0.25) is 5.91 Å². The van der Waals surface area contributed by atoms with Crippen molar-refractivity contribution < 1.29 is 13.2 Å². The molecule has 0 unspecified atom stereocenters. The average Bonchev–Trinajstić information content (AvgIpc) is 3.05. The molecule has 152 valence electrons. The first-order valence-electron chi connectivity index (χ1n) is 8.94. The highest BCUT2D eigenvalue weighted by atomic mass is 35.5. The zero-order valence-corrected chi connectivity index (χ0v) is 17.4. The van der Waals surface area contributed by atoms with Gasteiger partial charge in [-0.25, -0.2) is 8.42 Å². The molecule has 1 aliphatic heterocycles. The van der Waals surface area contributed by atoms with E-state index in [9.17, 15) is 13.2 Å². The van der Waals surface area contributed by atoms with Crippen LogP contribution in [-0.2, 0) is 14.6 Å². The minimum absolute atomic E-state index is 0. The molecule has 0 bridgehead atoms. The Bertz CT molecular complexity index is 889. The van der Waals surface area contributed by atoms with Crippen LogP contribution in [0.3, 0.4) is 0 Å². The third-order valence-electron chi connectivity index (χ3n) is 4.98. The summed E-state index contributed by atoms with van der Waals surface area (Å²) >= 11 is 0. The molecule has 1 heterocycles. The second kappa shape index (κ2) is 9.52. The summed E-state index contributed by atoms with van der Waals surface area (Å²) in [6, 6.07) is 16.5. The molecule has 0 spiro atoms. The van der Waals surface area contributed by atoms with E-state index in [0.717, 1.165) is 19.3 Å². The topological polar surface area (TPSA) is 92.5 Å². The molecule has 3 N–H and O–H groups in total. The van der Waals surface area contributed by atoms with Crippen molar-refractivity contribution in [3.63, 3.8) is 0 Å². The summed E-state index contributed by atoms with van der Waals surface area (Å²) in [4.78, 5) is 14.7. The Hall–Kier alpha value is -1.93. The summed E-state index contributed by atoms with van der Waals surface area (Å²) in [6.45, 7) is 2.46. The van der Waals surface area contributed by atoms with Gasteiger partial charge in [0.25, 0.3) is 0 Å². The molecule has 2 aromatic rings. The Morgan fingerprint density at radius 3 is 2.32 bits per heavy atom. The third-order valence-corrected chi connectivity index (χ3v) is 6.11. The van der Waals surface area contributed by atoms with Crippen molar-refractivity contribution >= 4 is 33.8 Å². The maximum absolute atomic E-state index is 12.4. The SMILES string of the molecule is CS(=O)(=O)c1ccc(NC(=O)CN2C[C@@H](CN)[C@H](c3ccccc3)C2)cc1.Cl. The number of benzene rings is 2. The Morgan fingerprint density at radius 1 is 1.11 bits per heavy atom. The molecule has 1 aliphatic rings. The normalized spacial score (nSPS) is 19.8. The molecule has 28 heavy (non-hydrogen) atoms. The highest BCUT2D eigenvalue weighted by molar-refractivity contribution is 7.90. The van der Waals surface area contributed by atoms with E-state index in [2.05, 4.69) is 22.3 Å². The van der Waals surface area contributed by atoms with Crippen LogP contribution in [0.1, 0.15) is 11.5 Å². The van der Waals surface area contributed by atoms with E-state index in [0.29, 0.717) is 24.1 Å². The van der Waals surface area contributed by atoms with Crippen LogP contribution in [0.2, 0.25) is 0 Å². The van der Waals surface area contributed by atoms with Gasteiger partial charge in [-0.3, -0.25) is 9.69 Å². The van der Waals surface area contributed by atoms with Crippen molar-refractivity contribution in [2.24, 2.45) is 11.7 Å². The summed E-state index contributed by atoms with van der Waals surface area (Å²) in [6.07, 6.45) is 1.16. The van der Waals surface area contributed by atoms with E-state index in [1.54, 1.807) is 12.1 Å². The van der Waals surface area contributed by atoms with Crippen LogP contribution in [0.4, 0.5) is 5.69 Å². The second-order valence-corrected chi connectivity index (χ2v) is 9.07. The molecule has 0 aromatic heterocycles. The molecular formula is C20H26ClN3O3S. The largest absolute Gasteiger partial charge is 0.330 e. The molecule has 0 aliphatic carbocycles. The molecule has 1 amide bonds. The highest BCUT2D eigenvalue weighted by Crippen LogP contribution is 2.31. The molecule has 0 radical (unpaired) electrons. The van der Waals surface area contributed by atoms with Crippen molar-refractivity contribution in [1.29, 1.82) is 0 Å². The average molecular weight is 424 g/mol. The van der Waals surface area contributed by atoms with Crippen LogP contribution in [0.5, 0.6) is 0 Å². The van der Waals surface area contributed by atoms with Gasteiger partial charge in [0, 0.05) is 31.0 Å². The van der Waals surface area contributed by atoms with E-state index >= 15 is 0 Å². The number of amides is 1. The summed E-state index contributed by atoms with van der Waals surface area (Å²) in [5, 5.41) is 2.83. The molecule has 2 aromatic carbocycles. The fourth-order valence-corrected chi connectivity index (χ4v) is 4.23. The molecule has 0 saturated carbocycles. The Kier molecular flexibility index (Phi) is 7.60. The van der Waals surface area contributed by atoms with Crippen LogP contribution < -0.4 is 11.1 Å². The number of hydrogen-bond donors (Lipinski definition) is 2. The minimum Gasteiger partial charge on any atom is -0.330 e. The highest BCUT2D eigenvalue weighted by Gasteiger charge is 2.33. The number of anilines is 1. The van der Waals surface area contributed by atoms with Gasteiger partial charge in [-0.2, -0.15) is 0 Å². The number of nitrogens with one attached hydrogen (secondary N) is 1. The molecule has 3 rings (SSSR count). The third kappa shape index (κ3) is 5.54. The van der Waals surface area contributed by atoms with Crippen LogP contribution in [0, 0.1) is 5.92 Å². The molecule has 2 atom stereocenters. The van der Waals surface area contributed by atoms with Crippen LogP contribution in [0.25, 0.3) is 0 Å². The maximum atomic E-state index is 12.4. The molecule has 1 fully saturated rings. The smallest absolute Gasteiger partial charge is 0.238 e. The predicted octanol–water partition coefficient (Wildman–Crippen LogP) is 2.12. The number of sulfone groups is 1. The lowest BCUT2D eigenvalue weighted by atomic mass is 9.89. The number of nitrogens with zero attached hydrogens (tertiary/aromatic N) is 1. The minimum atomic E-state index is -3.24. The molecule has 8 heteroatoms. The first-order valence-corrected chi connectivity index (χ1v) is 10.8. The summed E-state index contributed by atoms with van der Waals surface area (Å²) in [7, 11) is -3.24. The van der Waals surface area contributed by atoms with Crippen LogP contribution in [0.15, 0.2) is 59.5 Å².